The monoisotopic (exact) mass is 263 g/mol. The molecule has 0 aliphatic carbocycles. The number of nitrogens with zero attached hydrogens (tertiary/aromatic N) is 1. The van der Waals surface area contributed by atoms with Crippen molar-refractivity contribution >= 4 is 5.91 Å². The first kappa shape index (κ1) is 15.2. The number of rotatable bonds is 7. The predicted molar refractivity (Wildman–Crippen MR) is 74.9 cm³/mol. The van der Waals surface area contributed by atoms with Crippen LogP contribution in [0.1, 0.15) is 19.4 Å². The van der Waals surface area contributed by atoms with E-state index in [0.29, 0.717) is 19.7 Å². The van der Waals surface area contributed by atoms with Gasteiger partial charge in [0.1, 0.15) is 5.75 Å². The van der Waals surface area contributed by atoms with Crippen LogP contribution < -0.4 is 4.74 Å². The SMILES string of the molecule is C/C=C/C(=O)N(CCO)Cc1cccc(OCC)c1. The molecule has 19 heavy (non-hydrogen) atoms. The van der Waals surface area contributed by atoms with Gasteiger partial charge in [-0.1, -0.05) is 18.2 Å². The van der Waals surface area contributed by atoms with E-state index in [4.69, 9.17) is 9.84 Å². The van der Waals surface area contributed by atoms with Crippen molar-refractivity contribution < 1.29 is 14.6 Å². The molecule has 0 aromatic heterocycles. The molecule has 0 radical (unpaired) electrons. The van der Waals surface area contributed by atoms with Crippen LogP contribution in [0, 0.1) is 0 Å². The molecule has 1 rings (SSSR count). The van der Waals surface area contributed by atoms with Crippen LogP contribution in [0.5, 0.6) is 5.75 Å². The molecule has 4 heteroatoms. The van der Waals surface area contributed by atoms with E-state index in [1.54, 1.807) is 17.9 Å². The van der Waals surface area contributed by atoms with Crippen LogP contribution in [0.25, 0.3) is 0 Å². The standard InChI is InChI=1S/C15H21NO3/c1-3-6-15(18)16(9-10-17)12-13-7-5-8-14(11-13)19-4-2/h3,5-8,11,17H,4,9-10,12H2,1-2H3/b6-3+. The van der Waals surface area contributed by atoms with Gasteiger partial charge >= 0.3 is 0 Å². The smallest absolute Gasteiger partial charge is 0.246 e. The molecular formula is C15H21NO3. The summed E-state index contributed by atoms with van der Waals surface area (Å²) in [6, 6.07) is 7.64. The molecule has 104 valence electrons. The maximum atomic E-state index is 11.8. The largest absolute Gasteiger partial charge is 0.494 e. The van der Waals surface area contributed by atoms with Gasteiger partial charge in [0.25, 0.3) is 0 Å². The molecular weight excluding hydrogens is 242 g/mol. The number of hydrogen-bond acceptors (Lipinski definition) is 3. The topological polar surface area (TPSA) is 49.8 Å². The average molecular weight is 263 g/mol. The second-order valence-corrected chi connectivity index (χ2v) is 4.06. The normalized spacial score (nSPS) is 10.7. The van der Waals surface area contributed by atoms with E-state index in [9.17, 15) is 4.79 Å². The van der Waals surface area contributed by atoms with Gasteiger partial charge in [0.2, 0.25) is 5.91 Å². The fourth-order valence-corrected chi connectivity index (χ4v) is 1.76. The van der Waals surface area contributed by atoms with Gasteiger partial charge in [-0.05, 0) is 37.6 Å². The van der Waals surface area contributed by atoms with Gasteiger partial charge < -0.3 is 14.7 Å². The van der Waals surface area contributed by atoms with Gasteiger partial charge in [-0.25, -0.2) is 0 Å². The Morgan fingerprint density at radius 1 is 1.47 bits per heavy atom. The minimum Gasteiger partial charge on any atom is -0.494 e. The molecule has 0 aliphatic rings. The Balaban J connectivity index is 2.77. The van der Waals surface area contributed by atoms with Crippen molar-refractivity contribution in [2.24, 2.45) is 0 Å². The fourth-order valence-electron chi connectivity index (χ4n) is 1.76. The molecule has 0 bridgehead atoms. The maximum Gasteiger partial charge on any atom is 0.246 e. The summed E-state index contributed by atoms with van der Waals surface area (Å²) in [4.78, 5) is 13.4. The molecule has 4 nitrogen and oxygen atoms in total. The lowest BCUT2D eigenvalue weighted by Crippen LogP contribution is -2.31. The summed E-state index contributed by atoms with van der Waals surface area (Å²) in [5.74, 6) is 0.695. The van der Waals surface area contributed by atoms with Gasteiger partial charge in [-0.15, -0.1) is 0 Å². The van der Waals surface area contributed by atoms with Crippen molar-refractivity contribution in [3.8, 4) is 5.75 Å². The molecule has 0 saturated heterocycles. The first-order valence-corrected chi connectivity index (χ1v) is 6.45. The van der Waals surface area contributed by atoms with Crippen molar-refractivity contribution in [3.63, 3.8) is 0 Å². The Labute approximate surface area is 114 Å². The number of aliphatic hydroxyl groups excluding tert-OH is 1. The molecule has 1 aromatic rings. The van der Waals surface area contributed by atoms with Gasteiger partial charge in [0.05, 0.1) is 13.2 Å². The highest BCUT2D eigenvalue weighted by Crippen LogP contribution is 2.15. The Bertz CT molecular complexity index is 429. The van der Waals surface area contributed by atoms with E-state index in [1.165, 1.54) is 6.08 Å². The van der Waals surface area contributed by atoms with Gasteiger partial charge in [0, 0.05) is 13.1 Å². The predicted octanol–water partition coefficient (Wildman–Crippen LogP) is 1.98. The number of ether oxygens (including phenoxy) is 1. The fraction of sp³-hybridized carbons (Fsp3) is 0.400. The molecule has 0 heterocycles. The molecule has 0 unspecified atom stereocenters. The molecule has 0 atom stereocenters. The highest BCUT2D eigenvalue weighted by molar-refractivity contribution is 5.87. The number of amides is 1. The number of aliphatic hydroxyl groups is 1. The quantitative estimate of drug-likeness (QED) is 0.765. The molecule has 0 fully saturated rings. The molecule has 1 aromatic carbocycles. The zero-order chi connectivity index (χ0) is 14.1. The summed E-state index contributed by atoms with van der Waals surface area (Å²) in [7, 11) is 0. The molecule has 1 amide bonds. The third kappa shape index (κ3) is 5.14. The highest BCUT2D eigenvalue weighted by Gasteiger charge is 2.10. The van der Waals surface area contributed by atoms with Crippen molar-refractivity contribution in [3.05, 3.63) is 42.0 Å². The summed E-state index contributed by atoms with van der Waals surface area (Å²) < 4.78 is 5.43. The summed E-state index contributed by atoms with van der Waals surface area (Å²) >= 11 is 0. The zero-order valence-corrected chi connectivity index (χ0v) is 11.5. The third-order valence-electron chi connectivity index (χ3n) is 2.57. The third-order valence-corrected chi connectivity index (χ3v) is 2.57. The first-order valence-electron chi connectivity index (χ1n) is 6.45. The summed E-state index contributed by atoms with van der Waals surface area (Å²) in [6.45, 7) is 5.08. The van der Waals surface area contributed by atoms with Crippen LogP contribution in [0.3, 0.4) is 0 Å². The van der Waals surface area contributed by atoms with Crippen LogP contribution in [-0.2, 0) is 11.3 Å². The lowest BCUT2D eigenvalue weighted by Gasteiger charge is -2.20. The van der Waals surface area contributed by atoms with Crippen LogP contribution >= 0.6 is 0 Å². The Morgan fingerprint density at radius 2 is 2.26 bits per heavy atom. The van der Waals surface area contributed by atoms with Crippen LogP contribution in [0.4, 0.5) is 0 Å². The second-order valence-electron chi connectivity index (χ2n) is 4.06. The minimum absolute atomic E-state index is 0.0472. The number of carbonyl (C=O) groups excluding carboxylic acids is 1. The Hall–Kier alpha value is -1.81. The van der Waals surface area contributed by atoms with E-state index < -0.39 is 0 Å². The van der Waals surface area contributed by atoms with Crippen LogP contribution in [0.15, 0.2) is 36.4 Å². The number of hydrogen-bond donors (Lipinski definition) is 1. The minimum atomic E-state index is -0.0987. The van der Waals surface area contributed by atoms with Gasteiger partial charge in [-0.2, -0.15) is 0 Å². The summed E-state index contributed by atoms with van der Waals surface area (Å²) in [6.07, 6.45) is 3.20. The first-order chi connectivity index (χ1) is 9.21. The summed E-state index contributed by atoms with van der Waals surface area (Å²) in [5, 5.41) is 9.03. The highest BCUT2D eigenvalue weighted by atomic mass is 16.5. The van der Waals surface area contributed by atoms with Crippen molar-refractivity contribution in [2.45, 2.75) is 20.4 Å². The molecule has 0 spiro atoms. The number of allylic oxidation sites excluding steroid dienone is 1. The lowest BCUT2D eigenvalue weighted by molar-refractivity contribution is -0.127. The van der Waals surface area contributed by atoms with Crippen molar-refractivity contribution in [1.29, 1.82) is 0 Å². The van der Waals surface area contributed by atoms with E-state index in [-0.39, 0.29) is 12.5 Å². The van der Waals surface area contributed by atoms with Gasteiger partial charge in [-0.3, -0.25) is 4.79 Å². The molecule has 0 aliphatic heterocycles. The Morgan fingerprint density at radius 3 is 2.89 bits per heavy atom. The van der Waals surface area contributed by atoms with Crippen molar-refractivity contribution in [2.75, 3.05) is 19.8 Å². The van der Waals surface area contributed by atoms with E-state index in [0.717, 1.165) is 11.3 Å². The zero-order valence-electron chi connectivity index (χ0n) is 11.5. The molecule has 1 N–H and O–H groups in total. The van der Waals surface area contributed by atoms with Crippen LogP contribution in [0.2, 0.25) is 0 Å². The lowest BCUT2D eigenvalue weighted by atomic mass is 10.2. The average Bonchev–Trinajstić information content (AvgIpc) is 2.39. The Kier molecular flexibility index (Phi) is 6.68. The second kappa shape index (κ2) is 8.32. The van der Waals surface area contributed by atoms with Crippen molar-refractivity contribution in [1.82, 2.24) is 4.90 Å². The van der Waals surface area contributed by atoms with E-state index in [1.807, 2.05) is 31.2 Å². The number of benzene rings is 1. The summed E-state index contributed by atoms with van der Waals surface area (Å²) in [5.41, 5.74) is 0.984. The van der Waals surface area contributed by atoms with Gasteiger partial charge in [0.15, 0.2) is 0 Å². The molecule has 0 saturated carbocycles. The van der Waals surface area contributed by atoms with E-state index in [2.05, 4.69) is 0 Å². The van der Waals surface area contributed by atoms with E-state index >= 15 is 0 Å². The maximum absolute atomic E-state index is 11.8. The number of carbonyl (C=O) groups is 1. The van der Waals surface area contributed by atoms with Crippen LogP contribution in [-0.4, -0.2) is 35.7 Å².